The van der Waals surface area contributed by atoms with Crippen molar-refractivity contribution < 1.29 is 9.53 Å². The molecule has 1 aromatic heterocycles. The Morgan fingerprint density at radius 2 is 1.79 bits per heavy atom. The number of hydrogen-bond acceptors (Lipinski definition) is 3. The summed E-state index contributed by atoms with van der Waals surface area (Å²) in [5, 5.41) is 4.17. The molecule has 152 valence electrons. The molecule has 1 heterocycles. The second kappa shape index (κ2) is 9.92. The molecule has 1 N–H and O–H groups in total. The van der Waals surface area contributed by atoms with Crippen LogP contribution in [0.1, 0.15) is 38.7 Å². The largest absolute Gasteiger partial charge is 0.483 e. The number of hydrogen-bond donors (Lipinski definition) is 1. The summed E-state index contributed by atoms with van der Waals surface area (Å²) in [6, 6.07) is 15.1. The smallest absolute Gasteiger partial charge is 0.262 e. The number of ether oxygens (including phenoxy) is 1. The summed E-state index contributed by atoms with van der Waals surface area (Å²) in [7, 11) is 0. The second-order valence-electron chi connectivity index (χ2n) is 7.17. The fourth-order valence-electron chi connectivity index (χ4n) is 3.31. The topological polar surface area (TPSA) is 60.3 Å². The first-order valence-electron chi connectivity index (χ1n) is 10.3. The number of pyridine rings is 1. The molecule has 2 aromatic carbocycles. The number of fused-ring (bicyclic) bond motifs is 1. The summed E-state index contributed by atoms with van der Waals surface area (Å²) in [5.41, 5.74) is 1.98. The van der Waals surface area contributed by atoms with E-state index >= 15 is 0 Å². The number of nitrogens with one attached hydrogen (secondary N) is 1. The SMILES string of the molecule is CCCCc1ccc(NC(=O)COc2cccc3c(=O)n(CCC)ccc23)cc1. The molecule has 0 aliphatic heterocycles. The first-order chi connectivity index (χ1) is 14.1. The molecule has 0 spiro atoms. The van der Waals surface area contributed by atoms with Gasteiger partial charge in [-0.15, -0.1) is 0 Å². The number of benzene rings is 2. The van der Waals surface area contributed by atoms with Gasteiger partial charge in [0.2, 0.25) is 0 Å². The van der Waals surface area contributed by atoms with E-state index in [1.54, 1.807) is 29.0 Å². The normalized spacial score (nSPS) is 10.8. The first-order valence-corrected chi connectivity index (χ1v) is 10.3. The molecule has 1 amide bonds. The van der Waals surface area contributed by atoms with E-state index in [9.17, 15) is 9.59 Å². The molecule has 0 saturated heterocycles. The van der Waals surface area contributed by atoms with Crippen molar-refractivity contribution in [3.05, 3.63) is 70.6 Å². The highest BCUT2D eigenvalue weighted by molar-refractivity contribution is 5.92. The number of rotatable bonds is 9. The van der Waals surface area contributed by atoms with E-state index in [4.69, 9.17) is 4.74 Å². The van der Waals surface area contributed by atoms with Crippen LogP contribution in [0.15, 0.2) is 59.5 Å². The Morgan fingerprint density at radius 3 is 2.52 bits per heavy atom. The molecule has 0 radical (unpaired) electrons. The molecule has 5 nitrogen and oxygen atoms in total. The van der Waals surface area contributed by atoms with Gasteiger partial charge in [-0.2, -0.15) is 0 Å². The first kappa shape index (κ1) is 20.6. The summed E-state index contributed by atoms with van der Waals surface area (Å²) in [6.45, 7) is 4.77. The third-order valence-electron chi connectivity index (χ3n) is 4.86. The Bertz CT molecular complexity index is 1020. The van der Waals surface area contributed by atoms with Crippen molar-refractivity contribution in [1.82, 2.24) is 4.57 Å². The van der Waals surface area contributed by atoms with Gasteiger partial charge in [0.15, 0.2) is 6.61 Å². The van der Waals surface area contributed by atoms with Crippen molar-refractivity contribution in [2.24, 2.45) is 0 Å². The highest BCUT2D eigenvalue weighted by Crippen LogP contribution is 2.23. The summed E-state index contributed by atoms with van der Waals surface area (Å²) in [4.78, 5) is 24.9. The number of unbranched alkanes of at least 4 members (excludes halogenated alkanes) is 1. The lowest BCUT2D eigenvalue weighted by molar-refractivity contribution is -0.118. The molecule has 0 aliphatic rings. The van der Waals surface area contributed by atoms with Crippen LogP contribution in [0.25, 0.3) is 10.8 Å². The van der Waals surface area contributed by atoms with Gasteiger partial charge in [0.05, 0.1) is 5.39 Å². The van der Waals surface area contributed by atoms with E-state index in [1.807, 2.05) is 37.3 Å². The van der Waals surface area contributed by atoms with Gasteiger partial charge in [-0.1, -0.05) is 38.5 Å². The lowest BCUT2D eigenvalue weighted by Gasteiger charge is -2.11. The zero-order chi connectivity index (χ0) is 20.6. The van der Waals surface area contributed by atoms with E-state index in [-0.39, 0.29) is 18.1 Å². The average molecular weight is 392 g/mol. The predicted molar refractivity (Wildman–Crippen MR) is 118 cm³/mol. The van der Waals surface area contributed by atoms with Crippen molar-refractivity contribution >= 4 is 22.4 Å². The minimum Gasteiger partial charge on any atom is -0.483 e. The molecule has 5 heteroatoms. The number of amides is 1. The standard InChI is InChI=1S/C24H28N2O3/c1-3-5-7-18-10-12-19(13-11-18)25-23(27)17-29-22-9-6-8-21-20(22)14-16-26(15-4-2)24(21)28/h6,8-14,16H,3-5,7,15,17H2,1-2H3,(H,25,27). The monoisotopic (exact) mass is 392 g/mol. The predicted octanol–water partition coefficient (Wildman–Crippen LogP) is 4.77. The van der Waals surface area contributed by atoms with Crippen LogP contribution >= 0.6 is 0 Å². The Labute approximate surface area is 171 Å². The summed E-state index contributed by atoms with van der Waals surface area (Å²) < 4.78 is 7.42. The van der Waals surface area contributed by atoms with E-state index in [2.05, 4.69) is 12.2 Å². The van der Waals surface area contributed by atoms with Crippen LogP contribution in [0.2, 0.25) is 0 Å². The molecule has 0 atom stereocenters. The van der Waals surface area contributed by atoms with Crippen LogP contribution in [0, 0.1) is 0 Å². The van der Waals surface area contributed by atoms with Crippen LogP contribution in [-0.4, -0.2) is 17.1 Å². The minimum atomic E-state index is -0.234. The zero-order valence-electron chi connectivity index (χ0n) is 17.1. The molecule has 0 saturated carbocycles. The third kappa shape index (κ3) is 5.25. The van der Waals surface area contributed by atoms with Crippen molar-refractivity contribution in [3.8, 4) is 5.75 Å². The van der Waals surface area contributed by atoms with Crippen molar-refractivity contribution in [2.75, 3.05) is 11.9 Å². The highest BCUT2D eigenvalue weighted by Gasteiger charge is 2.09. The molecule has 0 aliphatic carbocycles. The van der Waals surface area contributed by atoms with Crippen molar-refractivity contribution in [1.29, 1.82) is 0 Å². The van der Waals surface area contributed by atoms with Crippen LogP contribution in [0.3, 0.4) is 0 Å². The summed E-state index contributed by atoms with van der Waals surface area (Å²) in [6.07, 6.45) is 6.04. The Kier molecular flexibility index (Phi) is 7.06. The second-order valence-corrected chi connectivity index (χ2v) is 7.17. The maximum atomic E-state index is 12.6. The minimum absolute atomic E-state index is 0.0394. The van der Waals surface area contributed by atoms with E-state index in [0.717, 1.165) is 36.8 Å². The van der Waals surface area contributed by atoms with Gasteiger partial charge in [-0.25, -0.2) is 0 Å². The van der Waals surface area contributed by atoms with E-state index in [1.165, 1.54) is 5.56 Å². The molecule has 3 rings (SSSR count). The van der Waals surface area contributed by atoms with Gasteiger partial charge in [0.1, 0.15) is 5.75 Å². The van der Waals surface area contributed by atoms with Crippen molar-refractivity contribution in [2.45, 2.75) is 46.1 Å². The number of nitrogens with zero attached hydrogens (tertiary/aromatic N) is 1. The molecular weight excluding hydrogens is 364 g/mol. The molecule has 29 heavy (non-hydrogen) atoms. The van der Waals surface area contributed by atoms with Crippen molar-refractivity contribution in [3.63, 3.8) is 0 Å². The lowest BCUT2D eigenvalue weighted by Crippen LogP contribution is -2.21. The third-order valence-corrected chi connectivity index (χ3v) is 4.86. The van der Waals surface area contributed by atoms with E-state index in [0.29, 0.717) is 17.7 Å². The fraction of sp³-hybridized carbons (Fsp3) is 0.333. The van der Waals surface area contributed by atoms with Gasteiger partial charge in [0.25, 0.3) is 11.5 Å². The number of aryl methyl sites for hydroxylation is 2. The Hall–Kier alpha value is -3.08. The summed E-state index contributed by atoms with van der Waals surface area (Å²) in [5.74, 6) is 0.302. The van der Waals surface area contributed by atoms with Crippen LogP contribution in [0.4, 0.5) is 5.69 Å². The highest BCUT2D eigenvalue weighted by atomic mass is 16.5. The van der Waals surface area contributed by atoms with Gasteiger partial charge in [0, 0.05) is 23.8 Å². The maximum absolute atomic E-state index is 12.6. The fourth-order valence-corrected chi connectivity index (χ4v) is 3.31. The van der Waals surface area contributed by atoms with Crippen LogP contribution in [-0.2, 0) is 17.8 Å². The Morgan fingerprint density at radius 1 is 1.00 bits per heavy atom. The van der Waals surface area contributed by atoms with Crippen LogP contribution < -0.4 is 15.6 Å². The maximum Gasteiger partial charge on any atom is 0.262 e. The molecule has 3 aromatic rings. The van der Waals surface area contributed by atoms with Gasteiger partial charge >= 0.3 is 0 Å². The summed E-state index contributed by atoms with van der Waals surface area (Å²) >= 11 is 0. The number of carbonyl (C=O) groups excluding carboxylic acids is 1. The number of carbonyl (C=O) groups is 1. The number of anilines is 1. The Balaban J connectivity index is 1.65. The number of aromatic nitrogens is 1. The molecule has 0 fully saturated rings. The van der Waals surface area contributed by atoms with Gasteiger partial charge in [-0.3, -0.25) is 9.59 Å². The lowest BCUT2D eigenvalue weighted by atomic mass is 10.1. The van der Waals surface area contributed by atoms with Crippen LogP contribution in [0.5, 0.6) is 5.75 Å². The molecular formula is C24H28N2O3. The zero-order valence-corrected chi connectivity index (χ0v) is 17.1. The molecule has 0 bridgehead atoms. The average Bonchev–Trinajstić information content (AvgIpc) is 2.74. The van der Waals surface area contributed by atoms with E-state index < -0.39 is 0 Å². The van der Waals surface area contributed by atoms with Gasteiger partial charge < -0.3 is 14.6 Å². The quantitative estimate of drug-likeness (QED) is 0.570. The molecule has 0 unspecified atom stereocenters. The van der Waals surface area contributed by atoms with Gasteiger partial charge in [-0.05, 0) is 55.2 Å².